The van der Waals surface area contributed by atoms with Crippen LogP contribution in [0.25, 0.3) is 0 Å². The molecule has 4 aromatic rings. The zero-order chi connectivity index (χ0) is 25.3. The Labute approximate surface area is 212 Å². The summed E-state index contributed by atoms with van der Waals surface area (Å²) in [5.41, 5.74) is 4.50. The van der Waals surface area contributed by atoms with Gasteiger partial charge in [0.05, 0.1) is 21.3 Å². The van der Waals surface area contributed by atoms with Gasteiger partial charge in [-0.1, -0.05) is 36.4 Å². The predicted octanol–water partition coefficient (Wildman–Crippen LogP) is 6.78. The van der Waals surface area contributed by atoms with Gasteiger partial charge in [0, 0.05) is 0 Å². The molecule has 36 heavy (non-hydrogen) atoms. The minimum Gasteiger partial charge on any atom is -0.504 e. The van der Waals surface area contributed by atoms with Gasteiger partial charge in [-0.05, 0) is 96.5 Å². The second kappa shape index (κ2) is 12.0. The Morgan fingerprint density at radius 1 is 0.528 bits per heavy atom. The lowest BCUT2D eigenvalue weighted by molar-refractivity contribution is 0.348. The number of aryl methyl sites for hydroxylation is 4. The molecule has 0 saturated carbocycles. The second-order valence-corrected chi connectivity index (χ2v) is 8.60. The Balaban J connectivity index is 1.47. The van der Waals surface area contributed by atoms with Crippen LogP contribution in [0.4, 0.5) is 0 Å². The van der Waals surface area contributed by atoms with E-state index in [0.717, 1.165) is 53.9 Å². The van der Waals surface area contributed by atoms with Crippen molar-refractivity contribution >= 4 is 0 Å². The van der Waals surface area contributed by atoms with Crippen molar-refractivity contribution in [2.24, 2.45) is 0 Å². The van der Waals surface area contributed by atoms with E-state index in [1.54, 1.807) is 20.3 Å². The molecule has 0 saturated heterocycles. The molecule has 0 heterocycles. The monoisotopic (exact) mass is 484 g/mol. The molecule has 4 aromatic carbocycles. The minimum atomic E-state index is 0.0600. The van der Waals surface area contributed by atoms with Crippen molar-refractivity contribution < 1.29 is 24.1 Å². The van der Waals surface area contributed by atoms with E-state index < -0.39 is 0 Å². The summed E-state index contributed by atoms with van der Waals surface area (Å²) in [6.07, 6.45) is 3.31. The molecular formula is C31H32O5. The summed E-state index contributed by atoms with van der Waals surface area (Å²) in [6, 6.07) is 27.8. The number of benzene rings is 4. The molecule has 0 spiro atoms. The first-order chi connectivity index (χ1) is 17.6. The van der Waals surface area contributed by atoms with E-state index in [2.05, 4.69) is 24.3 Å². The van der Waals surface area contributed by atoms with Crippen molar-refractivity contribution in [3.8, 4) is 34.5 Å². The molecule has 0 radical (unpaired) electrons. The smallest absolute Gasteiger partial charge is 0.203 e. The fourth-order valence-corrected chi connectivity index (χ4v) is 4.19. The number of rotatable bonds is 11. The average Bonchev–Trinajstić information content (AvgIpc) is 2.91. The van der Waals surface area contributed by atoms with Crippen LogP contribution in [0, 0.1) is 0 Å². The molecule has 4 rings (SSSR count). The van der Waals surface area contributed by atoms with Gasteiger partial charge in [-0.25, -0.2) is 0 Å². The quantitative estimate of drug-likeness (QED) is 0.254. The van der Waals surface area contributed by atoms with Crippen molar-refractivity contribution in [3.63, 3.8) is 0 Å². The molecule has 1 N–H and O–H groups in total. The normalized spacial score (nSPS) is 10.6. The summed E-state index contributed by atoms with van der Waals surface area (Å²) in [5.74, 6) is 3.26. The molecule has 5 heteroatoms. The predicted molar refractivity (Wildman–Crippen MR) is 142 cm³/mol. The Morgan fingerprint density at radius 3 is 1.50 bits per heavy atom. The summed E-state index contributed by atoms with van der Waals surface area (Å²) in [7, 11) is 4.88. The van der Waals surface area contributed by atoms with Crippen molar-refractivity contribution in [2.75, 3.05) is 21.3 Å². The average molecular weight is 485 g/mol. The number of phenolic OH excluding ortho intramolecular Hbond substituents is 1. The summed E-state index contributed by atoms with van der Waals surface area (Å²) >= 11 is 0. The van der Waals surface area contributed by atoms with Crippen LogP contribution in [0.2, 0.25) is 0 Å². The highest BCUT2D eigenvalue weighted by molar-refractivity contribution is 5.54. The summed E-state index contributed by atoms with van der Waals surface area (Å²) in [6.45, 7) is 0. The molecule has 0 bridgehead atoms. The van der Waals surface area contributed by atoms with Gasteiger partial charge in [0.2, 0.25) is 5.75 Å². The third kappa shape index (κ3) is 6.51. The van der Waals surface area contributed by atoms with Gasteiger partial charge < -0.3 is 24.1 Å². The van der Waals surface area contributed by atoms with Gasteiger partial charge in [-0.15, -0.1) is 0 Å². The first-order valence-electron chi connectivity index (χ1n) is 12.0. The molecule has 0 aliphatic carbocycles. The third-order valence-corrected chi connectivity index (χ3v) is 6.10. The van der Waals surface area contributed by atoms with E-state index in [9.17, 15) is 5.11 Å². The van der Waals surface area contributed by atoms with E-state index in [1.807, 2.05) is 54.6 Å². The maximum atomic E-state index is 10.6. The molecule has 0 fully saturated rings. The van der Waals surface area contributed by atoms with Crippen LogP contribution in [0.1, 0.15) is 22.3 Å². The third-order valence-electron chi connectivity index (χ3n) is 6.10. The van der Waals surface area contributed by atoms with Gasteiger partial charge in [-0.3, -0.25) is 0 Å². The number of methoxy groups -OCH3 is 3. The molecule has 0 atom stereocenters. The molecule has 0 aliphatic heterocycles. The highest BCUT2D eigenvalue weighted by atomic mass is 16.5. The van der Waals surface area contributed by atoms with Gasteiger partial charge in [0.25, 0.3) is 0 Å². The van der Waals surface area contributed by atoms with Crippen LogP contribution in [0.15, 0.2) is 84.9 Å². The Morgan fingerprint density at radius 2 is 1.00 bits per heavy atom. The van der Waals surface area contributed by atoms with Crippen LogP contribution in [-0.2, 0) is 25.7 Å². The molecule has 0 unspecified atom stereocenters. The van der Waals surface area contributed by atoms with E-state index in [1.165, 1.54) is 12.7 Å². The van der Waals surface area contributed by atoms with Crippen molar-refractivity contribution in [2.45, 2.75) is 25.7 Å². The molecule has 0 aromatic heterocycles. The zero-order valence-electron chi connectivity index (χ0n) is 21.0. The highest BCUT2D eigenvalue weighted by Gasteiger charge is 2.14. The van der Waals surface area contributed by atoms with Crippen molar-refractivity contribution in [1.82, 2.24) is 0 Å². The molecule has 186 valence electrons. The Kier molecular flexibility index (Phi) is 8.35. The lowest BCUT2D eigenvalue weighted by Crippen LogP contribution is -1.97. The van der Waals surface area contributed by atoms with Gasteiger partial charge in [0.1, 0.15) is 17.2 Å². The minimum absolute atomic E-state index is 0.0600. The van der Waals surface area contributed by atoms with Crippen LogP contribution >= 0.6 is 0 Å². The number of aromatic hydroxyl groups is 1. The Bertz CT molecular complexity index is 1300. The van der Waals surface area contributed by atoms with E-state index in [-0.39, 0.29) is 5.75 Å². The van der Waals surface area contributed by atoms with Gasteiger partial charge in [-0.2, -0.15) is 0 Å². The number of hydrogen-bond acceptors (Lipinski definition) is 5. The highest BCUT2D eigenvalue weighted by Crippen LogP contribution is 2.40. The van der Waals surface area contributed by atoms with Gasteiger partial charge in [0.15, 0.2) is 11.5 Å². The van der Waals surface area contributed by atoms with E-state index in [0.29, 0.717) is 17.2 Å². The maximum absolute atomic E-state index is 10.6. The maximum Gasteiger partial charge on any atom is 0.203 e. The van der Waals surface area contributed by atoms with Crippen LogP contribution in [0.5, 0.6) is 34.5 Å². The zero-order valence-corrected chi connectivity index (χ0v) is 21.0. The molecular weight excluding hydrogens is 452 g/mol. The summed E-state index contributed by atoms with van der Waals surface area (Å²) in [4.78, 5) is 0. The van der Waals surface area contributed by atoms with E-state index >= 15 is 0 Å². The summed E-state index contributed by atoms with van der Waals surface area (Å²) in [5, 5.41) is 10.6. The van der Waals surface area contributed by atoms with Crippen LogP contribution < -0.4 is 18.9 Å². The summed E-state index contributed by atoms with van der Waals surface area (Å²) < 4.78 is 22.3. The fraction of sp³-hybridized carbons (Fsp3) is 0.226. The molecule has 0 aliphatic rings. The SMILES string of the molecule is COc1cccc(CCc2cccc(Oc3cc(CCc4cccc(OC)c4)cc(O)c3OC)c2)c1. The fourth-order valence-electron chi connectivity index (χ4n) is 4.19. The van der Waals surface area contributed by atoms with Crippen LogP contribution in [0.3, 0.4) is 0 Å². The lowest BCUT2D eigenvalue weighted by Gasteiger charge is -2.15. The first-order valence-corrected chi connectivity index (χ1v) is 12.0. The second-order valence-electron chi connectivity index (χ2n) is 8.60. The van der Waals surface area contributed by atoms with E-state index in [4.69, 9.17) is 18.9 Å². The number of phenols is 1. The Hall–Kier alpha value is -4.12. The topological polar surface area (TPSA) is 57.2 Å². The lowest BCUT2D eigenvalue weighted by atomic mass is 10.0. The standard InChI is InChI=1S/C31H32O5/c1-33-26-10-4-7-22(17-26)13-14-24-9-6-12-28(19-24)36-30-21-25(20-29(32)31(30)35-3)16-15-23-8-5-11-27(18-23)34-2/h4-12,17-21,32H,13-16H2,1-3H3. The molecule has 5 nitrogen and oxygen atoms in total. The number of ether oxygens (including phenoxy) is 4. The van der Waals surface area contributed by atoms with Crippen molar-refractivity contribution in [1.29, 1.82) is 0 Å². The van der Waals surface area contributed by atoms with Crippen LogP contribution in [-0.4, -0.2) is 26.4 Å². The largest absolute Gasteiger partial charge is 0.504 e. The number of hydrogen-bond donors (Lipinski definition) is 1. The molecule has 0 amide bonds. The first kappa shape index (κ1) is 25.0. The van der Waals surface area contributed by atoms with Crippen molar-refractivity contribution in [3.05, 3.63) is 107 Å². The van der Waals surface area contributed by atoms with Gasteiger partial charge >= 0.3 is 0 Å².